The molecule has 0 amide bonds. The summed E-state index contributed by atoms with van der Waals surface area (Å²) in [5.41, 5.74) is 5.75. The van der Waals surface area contributed by atoms with Crippen LogP contribution in [0, 0.1) is 0 Å². The first-order valence-corrected chi connectivity index (χ1v) is 7.65. The van der Waals surface area contributed by atoms with Gasteiger partial charge in [0.2, 0.25) is 0 Å². The third-order valence-electron chi connectivity index (χ3n) is 2.55. The molecule has 0 saturated heterocycles. The summed E-state index contributed by atoms with van der Waals surface area (Å²) < 4.78 is 0. The van der Waals surface area contributed by atoms with Crippen molar-refractivity contribution in [3.05, 3.63) is 0 Å². The fourth-order valence-corrected chi connectivity index (χ4v) is 1.80. The molecule has 3 N–H and O–H groups in total. The van der Waals surface area contributed by atoms with Crippen LogP contribution in [0.5, 0.6) is 0 Å². The van der Waals surface area contributed by atoms with Crippen LogP contribution in [-0.4, -0.2) is 30.6 Å². The number of unbranched alkanes of at least 4 members (excludes halogenated alkanes) is 3. The number of hydrogen-bond acceptors (Lipinski definition) is 2. The Labute approximate surface area is 105 Å². The molecular formula is C12H27N3S. The fraction of sp³-hybridized carbons (Fsp3) is 0.917. The Morgan fingerprint density at radius 1 is 1.31 bits per heavy atom. The van der Waals surface area contributed by atoms with Crippen molar-refractivity contribution in [2.75, 3.05) is 18.6 Å². The Hall–Kier alpha value is -0.380. The second-order valence-electron chi connectivity index (χ2n) is 4.13. The molecule has 0 rings (SSSR count). The Balaban J connectivity index is 3.37. The van der Waals surface area contributed by atoms with E-state index in [9.17, 15) is 0 Å². The van der Waals surface area contributed by atoms with E-state index in [1.807, 2.05) is 11.8 Å². The quantitative estimate of drug-likeness (QED) is 0.373. The summed E-state index contributed by atoms with van der Waals surface area (Å²) in [7, 11) is 0. The van der Waals surface area contributed by atoms with Crippen LogP contribution in [0.15, 0.2) is 4.99 Å². The first-order chi connectivity index (χ1) is 7.70. The molecule has 0 aliphatic rings. The van der Waals surface area contributed by atoms with E-state index < -0.39 is 0 Å². The highest BCUT2D eigenvalue weighted by Crippen LogP contribution is 2.04. The summed E-state index contributed by atoms with van der Waals surface area (Å²) in [4.78, 5) is 4.31. The highest BCUT2D eigenvalue weighted by molar-refractivity contribution is 7.98. The van der Waals surface area contributed by atoms with E-state index in [2.05, 4.69) is 30.4 Å². The van der Waals surface area contributed by atoms with Gasteiger partial charge in [0.25, 0.3) is 0 Å². The number of nitrogens with zero attached hydrogens (tertiary/aromatic N) is 1. The molecule has 0 bridgehead atoms. The van der Waals surface area contributed by atoms with Crippen molar-refractivity contribution in [2.24, 2.45) is 10.7 Å². The third kappa shape index (κ3) is 10.1. The average molecular weight is 245 g/mol. The van der Waals surface area contributed by atoms with E-state index in [4.69, 9.17) is 5.73 Å². The smallest absolute Gasteiger partial charge is 0.188 e. The van der Waals surface area contributed by atoms with Gasteiger partial charge in [-0.25, -0.2) is 0 Å². The van der Waals surface area contributed by atoms with Gasteiger partial charge in [0.1, 0.15) is 0 Å². The number of rotatable bonds is 9. The minimum Gasteiger partial charge on any atom is -0.370 e. The lowest BCUT2D eigenvalue weighted by Crippen LogP contribution is -2.38. The van der Waals surface area contributed by atoms with E-state index >= 15 is 0 Å². The summed E-state index contributed by atoms with van der Waals surface area (Å²) in [5.74, 6) is 1.87. The molecule has 0 spiro atoms. The van der Waals surface area contributed by atoms with Crippen LogP contribution in [0.1, 0.15) is 46.0 Å². The van der Waals surface area contributed by atoms with Crippen LogP contribution < -0.4 is 11.1 Å². The number of nitrogens with two attached hydrogens (primary N) is 1. The number of aliphatic imine (C=N–C) groups is 1. The molecule has 0 heterocycles. The Kier molecular flexibility index (Phi) is 10.9. The average Bonchev–Trinajstić information content (AvgIpc) is 2.27. The van der Waals surface area contributed by atoms with Crippen LogP contribution in [-0.2, 0) is 0 Å². The monoisotopic (exact) mass is 245 g/mol. The van der Waals surface area contributed by atoms with Gasteiger partial charge in [0, 0.05) is 12.6 Å². The van der Waals surface area contributed by atoms with Crippen LogP contribution in [0.3, 0.4) is 0 Å². The van der Waals surface area contributed by atoms with Crippen LogP contribution in [0.25, 0.3) is 0 Å². The molecule has 0 aromatic heterocycles. The lowest BCUT2D eigenvalue weighted by Gasteiger charge is -2.11. The predicted octanol–water partition coefficient (Wildman–Crippen LogP) is 2.61. The molecule has 0 radical (unpaired) electrons. The van der Waals surface area contributed by atoms with Gasteiger partial charge in [0.15, 0.2) is 5.96 Å². The van der Waals surface area contributed by atoms with E-state index in [1.54, 1.807) is 0 Å². The van der Waals surface area contributed by atoms with Crippen molar-refractivity contribution >= 4 is 17.7 Å². The Bertz CT molecular complexity index is 183. The first-order valence-electron chi connectivity index (χ1n) is 6.26. The van der Waals surface area contributed by atoms with Crippen molar-refractivity contribution in [1.29, 1.82) is 0 Å². The molecule has 96 valence electrons. The van der Waals surface area contributed by atoms with E-state index in [0.29, 0.717) is 12.0 Å². The van der Waals surface area contributed by atoms with Gasteiger partial charge in [-0.3, -0.25) is 4.99 Å². The molecule has 0 saturated carbocycles. The molecule has 1 atom stereocenters. The number of thioether (sulfide) groups is 1. The third-order valence-corrected chi connectivity index (χ3v) is 3.24. The van der Waals surface area contributed by atoms with Gasteiger partial charge in [-0.1, -0.05) is 19.8 Å². The van der Waals surface area contributed by atoms with Gasteiger partial charge in [-0.05, 0) is 38.2 Å². The topological polar surface area (TPSA) is 50.4 Å². The van der Waals surface area contributed by atoms with Gasteiger partial charge in [-0.2, -0.15) is 11.8 Å². The zero-order valence-corrected chi connectivity index (χ0v) is 11.8. The van der Waals surface area contributed by atoms with E-state index in [0.717, 1.165) is 19.4 Å². The summed E-state index contributed by atoms with van der Waals surface area (Å²) in [6, 6.07) is 0.422. The van der Waals surface area contributed by atoms with Gasteiger partial charge in [0.05, 0.1) is 0 Å². The molecule has 0 aromatic carbocycles. The zero-order valence-electron chi connectivity index (χ0n) is 11.0. The molecule has 1 unspecified atom stereocenters. The normalized spacial score (nSPS) is 13.8. The summed E-state index contributed by atoms with van der Waals surface area (Å²) >= 11 is 1.92. The maximum atomic E-state index is 5.75. The summed E-state index contributed by atoms with van der Waals surface area (Å²) in [6.45, 7) is 5.11. The molecule has 4 heteroatoms. The lowest BCUT2D eigenvalue weighted by molar-refractivity contribution is 0.632. The van der Waals surface area contributed by atoms with Gasteiger partial charge >= 0.3 is 0 Å². The molecular weight excluding hydrogens is 218 g/mol. The van der Waals surface area contributed by atoms with Crippen LogP contribution in [0.4, 0.5) is 0 Å². The number of guanidine groups is 1. The van der Waals surface area contributed by atoms with Crippen molar-refractivity contribution < 1.29 is 0 Å². The van der Waals surface area contributed by atoms with Crippen molar-refractivity contribution in [1.82, 2.24) is 5.32 Å². The largest absolute Gasteiger partial charge is 0.370 e. The van der Waals surface area contributed by atoms with E-state index in [-0.39, 0.29) is 0 Å². The predicted molar refractivity (Wildman–Crippen MR) is 76.2 cm³/mol. The maximum absolute atomic E-state index is 5.75. The highest BCUT2D eigenvalue weighted by Gasteiger charge is 1.97. The number of nitrogens with one attached hydrogen (secondary N) is 1. The first kappa shape index (κ1) is 15.6. The van der Waals surface area contributed by atoms with Crippen molar-refractivity contribution in [3.63, 3.8) is 0 Å². The van der Waals surface area contributed by atoms with Gasteiger partial charge in [-0.15, -0.1) is 0 Å². The Morgan fingerprint density at radius 3 is 2.62 bits per heavy atom. The fourth-order valence-electron chi connectivity index (χ4n) is 1.31. The lowest BCUT2D eigenvalue weighted by atomic mass is 10.2. The zero-order chi connectivity index (χ0) is 12.2. The standard InChI is InChI=1S/C12H27N3S/c1-4-11(2)15-12(13)14-9-7-5-6-8-10-16-3/h11H,4-10H2,1-3H3,(H3,13,14,15). The SMILES string of the molecule is CCC(C)NC(N)=NCCCCCCSC. The minimum absolute atomic E-state index is 0.422. The van der Waals surface area contributed by atoms with Crippen molar-refractivity contribution in [3.8, 4) is 0 Å². The van der Waals surface area contributed by atoms with Crippen molar-refractivity contribution in [2.45, 2.75) is 52.0 Å². The maximum Gasteiger partial charge on any atom is 0.188 e. The highest BCUT2D eigenvalue weighted by atomic mass is 32.2. The minimum atomic E-state index is 0.422. The molecule has 0 fully saturated rings. The Morgan fingerprint density at radius 2 is 2.00 bits per heavy atom. The summed E-state index contributed by atoms with van der Waals surface area (Å²) in [6.07, 6.45) is 8.29. The summed E-state index contributed by atoms with van der Waals surface area (Å²) in [5, 5.41) is 3.17. The van der Waals surface area contributed by atoms with Crippen LogP contribution in [0.2, 0.25) is 0 Å². The second-order valence-corrected chi connectivity index (χ2v) is 5.11. The molecule has 0 aromatic rings. The molecule has 16 heavy (non-hydrogen) atoms. The van der Waals surface area contributed by atoms with Crippen LogP contribution >= 0.6 is 11.8 Å². The molecule has 3 nitrogen and oxygen atoms in total. The van der Waals surface area contributed by atoms with Gasteiger partial charge < -0.3 is 11.1 Å². The number of hydrogen-bond donors (Lipinski definition) is 2. The molecule has 0 aliphatic heterocycles. The molecule has 0 aliphatic carbocycles. The van der Waals surface area contributed by atoms with E-state index in [1.165, 1.54) is 25.0 Å². The second kappa shape index (κ2) is 11.1.